The summed E-state index contributed by atoms with van der Waals surface area (Å²) in [5, 5.41) is 17.8. The second-order valence-corrected chi connectivity index (χ2v) is 4.90. The van der Waals surface area contributed by atoms with Gasteiger partial charge in [-0.05, 0) is 0 Å². The van der Waals surface area contributed by atoms with Crippen LogP contribution >= 0.6 is 0 Å². The van der Waals surface area contributed by atoms with Crippen LogP contribution in [0.2, 0.25) is 0 Å². The number of aryl methyl sites for hydroxylation is 1. The van der Waals surface area contributed by atoms with E-state index in [9.17, 15) is 18.0 Å². The van der Waals surface area contributed by atoms with E-state index in [4.69, 9.17) is 14.8 Å². The minimum atomic E-state index is -4.85. The van der Waals surface area contributed by atoms with Crippen LogP contribution in [0.15, 0.2) is 4.90 Å². The molecule has 0 radical (unpaired) electrons. The first-order chi connectivity index (χ1) is 8.07. The van der Waals surface area contributed by atoms with Crippen molar-refractivity contribution in [1.29, 1.82) is 0 Å². The molecule has 98 valence electrons. The van der Waals surface area contributed by atoms with Gasteiger partial charge in [0.1, 0.15) is 0 Å². The number of aromatic carboxylic acids is 2. The summed E-state index contributed by atoms with van der Waals surface area (Å²) in [5.41, 5.74) is -1.73. The Hall–Kier alpha value is -0.930. The van der Waals surface area contributed by atoms with Crippen molar-refractivity contribution >= 4 is 22.1 Å². The van der Waals surface area contributed by atoms with Crippen LogP contribution in [0.4, 0.5) is 0 Å². The molecule has 19 heavy (non-hydrogen) atoms. The number of hydrogen-bond donors (Lipinski definition) is 3. The van der Waals surface area contributed by atoms with Crippen molar-refractivity contribution in [3.8, 4) is 0 Å². The van der Waals surface area contributed by atoms with Crippen molar-refractivity contribution in [1.82, 2.24) is 0 Å². The number of carbonyl (C=O) groups is 2. The van der Waals surface area contributed by atoms with Crippen LogP contribution in [0.25, 0.3) is 0 Å². The van der Waals surface area contributed by atoms with Gasteiger partial charge in [0.25, 0.3) is 16.1 Å². The molecule has 0 bridgehead atoms. The van der Waals surface area contributed by atoms with E-state index in [0.29, 0.717) is 0 Å². The molecule has 3 N–H and O–H groups in total. The van der Waals surface area contributed by atoms with Gasteiger partial charge in [0.05, 0.1) is 0 Å². The first kappa shape index (κ1) is 18.1. The van der Waals surface area contributed by atoms with Gasteiger partial charge in [-0.15, -0.1) is 17.2 Å². The summed E-state index contributed by atoms with van der Waals surface area (Å²) >= 11 is 0. The Balaban J connectivity index is 0.00000324. The molecule has 0 heterocycles. The van der Waals surface area contributed by atoms with Crippen molar-refractivity contribution in [2.45, 2.75) is 18.7 Å². The second kappa shape index (κ2) is 6.02. The van der Waals surface area contributed by atoms with Gasteiger partial charge in [-0.1, -0.05) is 19.4 Å². The van der Waals surface area contributed by atoms with Crippen molar-refractivity contribution < 1.29 is 62.3 Å². The van der Waals surface area contributed by atoms with Crippen molar-refractivity contribution in [3.05, 3.63) is 28.3 Å². The maximum absolute atomic E-state index is 11.2. The van der Waals surface area contributed by atoms with E-state index in [0.717, 1.165) is 6.92 Å². The maximum atomic E-state index is 11.2. The average molecular weight is 296 g/mol. The van der Waals surface area contributed by atoms with Gasteiger partial charge in [-0.2, -0.15) is 8.42 Å². The predicted molar refractivity (Wildman–Crippen MR) is 58.5 cm³/mol. The number of benzene rings is 1. The van der Waals surface area contributed by atoms with Gasteiger partial charge < -0.3 is 15.0 Å². The van der Waals surface area contributed by atoms with Crippen LogP contribution in [0, 0.1) is 19.9 Å². The second-order valence-electron chi connectivity index (χ2n) is 3.54. The number of carboxylic acids is 2. The summed E-state index contributed by atoms with van der Waals surface area (Å²) in [4.78, 5) is 20.9. The summed E-state index contributed by atoms with van der Waals surface area (Å²) in [6.07, 6.45) is 0. The van der Waals surface area contributed by atoms with Gasteiger partial charge >= 0.3 is 29.6 Å². The minimum Gasteiger partial charge on any atom is -0.521 e. The first-order valence-electron chi connectivity index (χ1n) is 4.58. The van der Waals surface area contributed by atoms with E-state index in [1.807, 2.05) is 0 Å². The standard InChI is InChI=1S/C10H9O7S.Na/c1-4-3-6(9(11)12)5(2)8(18(15,16)17)7(4)10(13)14;/h1-2H3,(H,11,12)(H,13,14)(H,15,16,17);/q-1;+1. The fraction of sp³-hybridized carbons (Fsp3) is 0.200. The molecule has 0 saturated heterocycles. The molecule has 0 aliphatic rings. The van der Waals surface area contributed by atoms with Crippen LogP contribution in [0.3, 0.4) is 0 Å². The largest absolute Gasteiger partial charge is 1.00 e. The van der Waals surface area contributed by atoms with Crippen LogP contribution in [0.1, 0.15) is 31.8 Å². The number of rotatable bonds is 3. The summed E-state index contributed by atoms with van der Waals surface area (Å²) in [6.45, 7) is 2.29. The monoisotopic (exact) mass is 296 g/mol. The molecule has 0 aliphatic carbocycles. The first-order valence-corrected chi connectivity index (χ1v) is 6.02. The smallest absolute Gasteiger partial charge is 0.521 e. The molecule has 0 aromatic heterocycles. The Bertz CT molecular complexity index is 648. The summed E-state index contributed by atoms with van der Waals surface area (Å²) in [5.74, 6) is -3.05. The zero-order valence-electron chi connectivity index (χ0n) is 10.4. The fourth-order valence-electron chi connectivity index (χ4n) is 1.61. The fourth-order valence-corrected chi connectivity index (χ4v) is 2.60. The van der Waals surface area contributed by atoms with Gasteiger partial charge in [0, 0.05) is 10.5 Å². The van der Waals surface area contributed by atoms with Crippen molar-refractivity contribution in [2.75, 3.05) is 0 Å². The Morgan fingerprint density at radius 2 is 1.58 bits per heavy atom. The molecule has 9 heteroatoms. The predicted octanol–water partition coefficient (Wildman–Crippen LogP) is -2.25. The Labute approximate surface area is 131 Å². The third kappa shape index (κ3) is 3.54. The zero-order chi connectivity index (χ0) is 14.2. The van der Waals surface area contributed by atoms with Crippen LogP contribution < -0.4 is 29.6 Å². The van der Waals surface area contributed by atoms with E-state index in [1.165, 1.54) is 6.92 Å². The van der Waals surface area contributed by atoms with E-state index < -0.39 is 38.1 Å². The Kier molecular flexibility index (Phi) is 5.72. The van der Waals surface area contributed by atoms with Crippen LogP contribution in [0.5, 0.6) is 0 Å². The molecule has 0 spiro atoms. The molecule has 0 fully saturated rings. The van der Waals surface area contributed by atoms with E-state index in [1.54, 1.807) is 0 Å². The molecule has 1 aromatic rings. The number of hydrogen-bond acceptors (Lipinski definition) is 4. The average Bonchev–Trinajstić information content (AvgIpc) is 2.17. The number of carboxylic acid groups (broad SMARTS) is 2. The minimum absolute atomic E-state index is 0. The third-order valence-corrected chi connectivity index (χ3v) is 3.34. The van der Waals surface area contributed by atoms with Crippen LogP contribution in [-0.4, -0.2) is 35.1 Å². The summed E-state index contributed by atoms with van der Waals surface area (Å²) in [7, 11) is -4.85. The van der Waals surface area contributed by atoms with E-state index >= 15 is 0 Å². The Morgan fingerprint density at radius 1 is 1.11 bits per heavy atom. The topological polar surface area (TPSA) is 129 Å². The molecular weight excluding hydrogens is 287 g/mol. The molecule has 1 aromatic carbocycles. The van der Waals surface area contributed by atoms with Gasteiger partial charge in [0.15, 0.2) is 0 Å². The van der Waals surface area contributed by atoms with Crippen molar-refractivity contribution in [3.63, 3.8) is 0 Å². The Morgan fingerprint density at radius 3 is 1.89 bits per heavy atom. The SMILES string of the molecule is Cc1[c-]c(C(=O)O)c(C)c(S(=O)(=O)O)c1C(=O)O.[Na+]. The van der Waals surface area contributed by atoms with Gasteiger partial charge in [0.2, 0.25) is 5.97 Å². The normalized spacial score (nSPS) is 10.7. The maximum Gasteiger partial charge on any atom is 1.00 e. The quantitative estimate of drug-likeness (QED) is 0.326. The molecule has 7 nitrogen and oxygen atoms in total. The van der Waals surface area contributed by atoms with Crippen molar-refractivity contribution in [2.24, 2.45) is 0 Å². The van der Waals surface area contributed by atoms with Crippen LogP contribution in [-0.2, 0) is 10.1 Å². The van der Waals surface area contributed by atoms with Gasteiger partial charge in [-0.25, -0.2) is 0 Å². The van der Waals surface area contributed by atoms with Gasteiger partial charge in [-0.3, -0.25) is 9.35 Å². The molecule has 0 atom stereocenters. The van der Waals surface area contributed by atoms with E-state index in [-0.39, 0.29) is 40.7 Å². The van der Waals surface area contributed by atoms with E-state index in [2.05, 4.69) is 6.07 Å². The summed E-state index contributed by atoms with van der Waals surface area (Å²) < 4.78 is 31.4. The molecule has 0 unspecified atom stereocenters. The molecule has 0 aliphatic heterocycles. The molecule has 0 saturated carbocycles. The molecule has 0 amide bonds. The summed E-state index contributed by atoms with van der Waals surface area (Å²) in [6, 6.07) is 2.28. The zero-order valence-corrected chi connectivity index (χ0v) is 13.2. The molecule has 1 rings (SSSR count). The third-order valence-electron chi connectivity index (χ3n) is 2.32. The molecular formula is C10H9NaO7S.